The highest BCUT2D eigenvalue weighted by atomic mass is 79.9. The van der Waals surface area contributed by atoms with Crippen LogP contribution in [-0.4, -0.2) is 5.91 Å². The highest BCUT2D eigenvalue weighted by molar-refractivity contribution is 9.11. The van der Waals surface area contributed by atoms with Gasteiger partial charge in [-0.05, 0) is 52.7 Å². The van der Waals surface area contributed by atoms with E-state index >= 15 is 0 Å². The van der Waals surface area contributed by atoms with Gasteiger partial charge in [-0.3, -0.25) is 4.79 Å². The van der Waals surface area contributed by atoms with Crippen LogP contribution in [0.1, 0.15) is 15.9 Å². The fourth-order valence-electron chi connectivity index (χ4n) is 1.78. The van der Waals surface area contributed by atoms with E-state index < -0.39 is 0 Å². The zero-order valence-electron chi connectivity index (χ0n) is 10.2. The lowest BCUT2D eigenvalue weighted by Crippen LogP contribution is -2.15. The summed E-state index contributed by atoms with van der Waals surface area (Å²) in [6, 6.07) is 11.0. The summed E-state index contributed by atoms with van der Waals surface area (Å²) in [4.78, 5) is 12.3. The van der Waals surface area contributed by atoms with Gasteiger partial charge in [0.25, 0.3) is 5.91 Å². The van der Waals surface area contributed by atoms with Gasteiger partial charge in [-0.15, -0.1) is 0 Å². The number of nitrogen functional groups attached to an aromatic ring is 1. The van der Waals surface area contributed by atoms with Gasteiger partial charge in [-0.1, -0.05) is 28.1 Å². The Morgan fingerprint density at radius 3 is 2.63 bits per heavy atom. The Morgan fingerprint density at radius 2 is 1.95 bits per heavy atom. The molecule has 0 saturated heterocycles. The second-order valence-corrected chi connectivity index (χ2v) is 5.89. The molecule has 0 aliphatic heterocycles. The number of nitrogens with two attached hydrogens (primary N) is 1. The Hall–Kier alpha value is -1.33. The van der Waals surface area contributed by atoms with E-state index in [-0.39, 0.29) is 5.91 Å². The van der Waals surface area contributed by atoms with Gasteiger partial charge >= 0.3 is 0 Å². The molecule has 0 saturated carbocycles. The van der Waals surface area contributed by atoms with Crippen LogP contribution in [-0.2, 0) is 0 Å². The summed E-state index contributed by atoms with van der Waals surface area (Å²) in [5, 5.41) is 2.85. The Bertz CT molecular complexity index is 621. The first-order valence-corrected chi connectivity index (χ1v) is 7.19. The van der Waals surface area contributed by atoms with Crippen LogP contribution in [0.5, 0.6) is 0 Å². The fraction of sp³-hybridized carbons (Fsp3) is 0.0714. The van der Waals surface area contributed by atoms with E-state index in [1.807, 2.05) is 37.3 Å². The highest BCUT2D eigenvalue weighted by Gasteiger charge is 2.14. The monoisotopic (exact) mass is 382 g/mol. The average molecular weight is 384 g/mol. The molecule has 0 aliphatic rings. The Morgan fingerprint density at radius 1 is 1.21 bits per heavy atom. The van der Waals surface area contributed by atoms with Gasteiger partial charge in [-0.2, -0.15) is 0 Å². The lowest BCUT2D eigenvalue weighted by molar-refractivity contribution is 0.102. The largest absolute Gasteiger partial charge is 0.398 e. The number of aryl methyl sites for hydroxylation is 1. The summed E-state index contributed by atoms with van der Waals surface area (Å²) >= 11 is 6.78. The molecule has 0 spiro atoms. The van der Waals surface area contributed by atoms with Crippen LogP contribution in [0.15, 0.2) is 45.3 Å². The van der Waals surface area contributed by atoms with Gasteiger partial charge in [0.05, 0.1) is 11.3 Å². The molecule has 2 aromatic carbocycles. The number of amides is 1. The Balaban J connectivity index is 2.34. The van der Waals surface area contributed by atoms with Crippen LogP contribution >= 0.6 is 31.9 Å². The third kappa shape index (κ3) is 3.16. The molecule has 0 aromatic heterocycles. The number of hydrogen-bond donors (Lipinski definition) is 2. The van der Waals surface area contributed by atoms with E-state index in [2.05, 4.69) is 37.2 Å². The molecule has 0 unspecified atom stereocenters. The fourth-order valence-corrected chi connectivity index (χ4v) is 2.49. The summed E-state index contributed by atoms with van der Waals surface area (Å²) < 4.78 is 1.71. The van der Waals surface area contributed by atoms with E-state index in [0.29, 0.717) is 16.9 Å². The molecule has 1 amide bonds. The lowest BCUT2D eigenvalue weighted by Gasteiger charge is -2.11. The standard InChI is InChI=1S/C14H12Br2N2O/c1-8-3-2-4-11(17)13(8)14(19)18-12-7-9(15)5-6-10(12)16/h2-7H,17H2,1H3,(H,18,19). The number of rotatable bonds is 2. The smallest absolute Gasteiger partial charge is 0.258 e. The van der Waals surface area contributed by atoms with Gasteiger partial charge in [0.2, 0.25) is 0 Å². The van der Waals surface area contributed by atoms with Crippen molar-refractivity contribution in [2.75, 3.05) is 11.1 Å². The van der Waals surface area contributed by atoms with E-state index in [1.165, 1.54) is 0 Å². The Labute approximate surface area is 128 Å². The molecule has 0 aliphatic carbocycles. The molecule has 2 rings (SSSR count). The molecule has 98 valence electrons. The molecular formula is C14H12Br2N2O. The first-order valence-electron chi connectivity index (χ1n) is 5.60. The lowest BCUT2D eigenvalue weighted by atomic mass is 10.1. The van der Waals surface area contributed by atoms with Crippen molar-refractivity contribution in [3.63, 3.8) is 0 Å². The van der Waals surface area contributed by atoms with Crippen molar-refractivity contribution in [3.05, 3.63) is 56.5 Å². The SMILES string of the molecule is Cc1cccc(N)c1C(=O)Nc1cc(Br)ccc1Br. The topological polar surface area (TPSA) is 55.1 Å². The van der Waals surface area contributed by atoms with Crippen LogP contribution in [0.3, 0.4) is 0 Å². The highest BCUT2D eigenvalue weighted by Crippen LogP contribution is 2.27. The molecule has 19 heavy (non-hydrogen) atoms. The molecule has 0 bridgehead atoms. The van der Waals surface area contributed by atoms with Gasteiger partial charge in [0, 0.05) is 14.6 Å². The number of carbonyl (C=O) groups is 1. The summed E-state index contributed by atoms with van der Waals surface area (Å²) in [6.07, 6.45) is 0. The summed E-state index contributed by atoms with van der Waals surface area (Å²) in [5.74, 6) is -0.214. The van der Waals surface area contributed by atoms with Crippen molar-refractivity contribution in [3.8, 4) is 0 Å². The third-order valence-electron chi connectivity index (χ3n) is 2.71. The number of hydrogen-bond acceptors (Lipinski definition) is 2. The van der Waals surface area contributed by atoms with Crippen LogP contribution < -0.4 is 11.1 Å². The number of anilines is 2. The molecule has 0 atom stereocenters. The summed E-state index contributed by atoms with van der Waals surface area (Å²) in [6.45, 7) is 1.86. The Kier molecular flexibility index (Phi) is 4.27. The maximum Gasteiger partial charge on any atom is 0.258 e. The van der Waals surface area contributed by atoms with Crippen molar-refractivity contribution >= 4 is 49.1 Å². The first kappa shape index (κ1) is 14.1. The number of benzene rings is 2. The predicted molar refractivity (Wildman–Crippen MR) is 85.4 cm³/mol. The number of carbonyl (C=O) groups excluding carboxylic acids is 1. The number of halogens is 2. The predicted octanol–water partition coefficient (Wildman–Crippen LogP) is 4.35. The summed E-state index contributed by atoms with van der Waals surface area (Å²) in [7, 11) is 0. The maximum atomic E-state index is 12.3. The van der Waals surface area contributed by atoms with E-state index in [1.54, 1.807) is 6.07 Å². The second kappa shape index (κ2) is 5.75. The van der Waals surface area contributed by atoms with Crippen LogP contribution in [0.25, 0.3) is 0 Å². The molecular weight excluding hydrogens is 372 g/mol. The van der Waals surface area contributed by atoms with Gasteiger partial charge in [0.15, 0.2) is 0 Å². The van der Waals surface area contributed by atoms with Crippen molar-refractivity contribution in [1.29, 1.82) is 0 Å². The van der Waals surface area contributed by atoms with Gasteiger partial charge in [0.1, 0.15) is 0 Å². The van der Waals surface area contributed by atoms with Gasteiger partial charge in [-0.25, -0.2) is 0 Å². The normalized spacial score (nSPS) is 10.3. The van der Waals surface area contributed by atoms with E-state index in [4.69, 9.17) is 5.73 Å². The quantitative estimate of drug-likeness (QED) is 0.757. The van der Waals surface area contributed by atoms with E-state index in [0.717, 1.165) is 14.5 Å². The molecule has 0 fully saturated rings. The van der Waals surface area contributed by atoms with Crippen molar-refractivity contribution < 1.29 is 4.79 Å². The van der Waals surface area contributed by atoms with E-state index in [9.17, 15) is 4.79 Å². The summed E-state index contributed by atoms with van der Waals surface area (Å²) in [5.41, 5.74) is 8.39. The van der Waals surface area contributed by atoms with Crippen LogP contribution in [0.2, 0.25) is 0 Å². The zero-order valence-corrected chi connectivity index (χ0v) is 13.4. The first-order chi connectivity index (χ1) is 8.99. The molecule has 5 heteroatoms. The third-order valence-corrected chi connectivity index (χ3v) is 3.89. The van der Waals surface area contributed by atoms with Gasteiger partial charge < -0.3 is 11.1 Å². The second-order valence-electron chi connectivity index (χ2n) is 4.12. The van der Waals surface area contributed by atoms with Crippen LogP contribution in [0, 0.1) is 6.92 Å². The van der Waals surface area contributed by atoms with Crippen molar-refractivity contribution in [2.24, 2.45) is 0 Å². The molecule has 2 aromatic rings. The molecule has 0 heterocycles. The zero-order chi connectivity index (χ0) is 14.0. The molecule has 3 nitrogen and oxygen atoms in total. The number of nitrogens with one attached hydrogen (secondary N) is 1. The van der Waals surface area contributed by atoms with Crippen LogP contribution in [0.4, 0.5) is 11.4 Å². The minimum atomic E-state index is -0.214. The minimum Gasteiger partial charge on any atom is -0.398 e. The molecule has 0 radical (unpaired) electrons. The average Bonchev–Trinajstić information content (AvgIpc) is 2.33. The maximum absolute atomic E-state index is 12.3. The molecule has 3 N–H and O–H groups in total. The van der Waals surface area contributed by atoms with Crippen molar-refractivity contribution in [2.45, 2.75) is 6.92 Å². The minimum absolute atomic E-state index is 0.214. The van der Waals surface area contributed by atoms with Crippen molar-refractivity contribution in [1.82, 2.24) is 0 Å².